The molecule has 208 valence electrons. The molecule has 1 aliphatic heterocycles. The smallest absolute Gasteiger partial charge is 0.257 e. The van der Waals surface area contributed by atoms with Crippen molar-refractivity contribution in [1.82, 2.24) is 19.7 Å². The molecule has 0 fully saturated rings. The van der Waals surface area contributed by atoms with Gasteiger partial charge < -0.3 is 14.9 Å². The molecule has 0 aliphatic carbocycles. The molecule has 0 saturated carbocycles. The molecule has 2 aromatic carbocycles. The van der Waals surface area contributed by atoms with Gasteiger partial charge in [-0.05, 0) is 55.8 Å². The molecule has 0 spiro atoms. The second kappa shape index (κ2) is 10.6. The van der Waals surface area contributed by atoms with E-state index in [9.17, 15) is 15.0 Å². The van der Waals surface area contributed by atoms with Crippen LogP contribution < -0.4 is 0 Å². The normalized spacial score (nSPS) is 19.0. The van der Waals surface area contributed by atoms with Gasteiger partial charge in [0.15, 0.2) is 5.72 Å². The number of ether oxygens (including phenoxy) is 1. The van der Waals surface area contributed by atoms with Crippen LogP contribution in [-0.4, -0.2) is 48.5 Å². The Labute approximate surface area is 240 Å². The minimum atomic E-state index is -1.78. The molecular formula is C29H27Cl2FN4O4. The molecule has 2 N–H and O–H groups in total. The first-order chi connectivity index (χ1) is 18.9. The lowest BCUT2D eigenvalue weighted by atomic mass is 9.85. The number of carbonyl (C=O) groups excluding carboxylic acids is 1. The Morgan fingerprint density at radius 1 is 1.10 bits per heavy atom. The highest BCUT2D eigenvalue weighted by atomic mass is 35.5. The summed E-state index contributed by atoms with van der Waals surface area (Å²) in [6, 6.07) is 12.5. The van der Waals surface area contributed by atoms with E-state index in [0.717, 1.165) is 0 Å². The van der Waals surface area contributed by atoms with Crippen molar-refractivity contribution in [3.8, 4) is 0 Å². The number of aliphatic hydroxyl groups excluding tert-OH is 1. The molecule has 4 aromatic rings. The van der Waals surface area contributed by atoms with Crippen molar-refractivity contribution >= 4 is 29.1 Å². The highest BCUT2D eigenvalue weighted by Gasteiger charge is 2.55. The Kier molecular flexibility index (Phi) is 7.45. The van der Waals surface area contributed by atoms with Gasteiger partial charge in [-0.15, -0.1) is 0 Å². The summed E-state index contributed by atoms with van der Waals surface area (Å²) in [5.41, 5.74) is -1.98. The van der Waals surface area contributed by atoms with E-state index in [4.69, 9.17) is 27.9 Å². The molecule has 5 rings (SSSR count). The molecule has 1 amide bonds. The number of hydrogen-bond donors (Lipinski definition) is 2. The summed E-state index contributed by atoms with van der Waals surface area (Å²) in [4.78, 5) is 19.9. The number of amides is 1. The van der Waals surface area contributed by atoms with Crippen molar-refractivity contribution in [2.24, 2.45) is 7.05 Å². The standard InChI is InChI=1S/C29H27Cl2FN4O4/c1-17(37)16-40-29(18-4-6-21(30)7-5-18)26-24(27(38)36(29)15-23-9-8-22(31)13-33-23)10-19(11-25(26)32)28(2,39)20-12-34-35(3)14-20/h4-14,17,37,39H,15-16H2,1-3H3/t17?,28?,29-/m1/s1. The number of pyridine rings is 1. The number of halogens is 3. The predicted molar refractivity (Wildman–Crippen MR) is 147 cm³/mol. The average Bonchev–Trinajstić information content (AvgIpc) is 3.45. The Balaban J connectivity index is 1.74. The van der Waals surface area contributed by atoms with Crippen LogP contribution in [0.4, 0.5) is 4.39 Å². The zero-order chi connectivity index (χ0) is 28.8. The number of aliphatic hydroxyl groups is 2. The quantitative estimate of drug-likeness (QED) is 0.309. The van der Waals surface area contributed by atoms with Crippen LogP contribution >= 0.6 is 23.2 Å². The first-order valence-corrected chi connectivity index (χ1v) is 13.3. The van der Waals surface area contributed by atoms with Crippen LogP contribution in [0.15, 0.2) is 67.1 Å². The van der Waals surface area contributed by atoms with E-state index in [-0.39, 0.29) is 29.8 Å². The lowest BCUT2D eigenvalue weighted by Crippen LogP contribution is -2.48. The van der Waals surface area contributed by atoms with Gasteiger partial charge in [0.05, 0.1) is 47.3 Å². The summed E-state index contributed by atoms with van der Waals surface area (Å²) in [5, 5.41) is 26.6. The minimum Gasteiger partial charge on any atom is -0.391 e. The number of nitrogens with zero attached hydrogens (tertiary/aromatic N) is 4. The van der Waals surface area contributed by atoms with Gasteiger partial charge in [0.2, 0.25) is 0 Å². The second-order valence-corrected chi connectivity index (χ2v) is 10.9. The number of rotatable bonds is 8. The number of hydrogen-bond acceptors (Lipinski definition) is 6. The average molecular weight is 585 g/mol. The van der Waals surface area contributed by atoms with E-state index >= 15 is 4.39 Å². The fraction of sp³-hybridized carbons (Fsp3) is 0.276. The molecule has 8 nitrogen and oxygen atoms in total. The van der Waals surface area contributed by atoms with Crippen molar-refractivity contribution in [3.63, 3.8) is 0 Å². The molecule has 3 atom stereocenters. The Hall–Kier alpha value is -3.34. The van der Waals surface area contributed by atoms with Crippen molar-refractivity contribution in [3.05, 3.63) is 116 Å². The van der Waals surface area contributed by atoms with Crippen LogP contribution in [-0.2, 0) is 29.7 Å². The van der Waals surface area contributed by atoms with Gasteiger partial charge in [0, 0.05) is 35.6 Å². The monoisotopic (exact) mass is 584 g/mol. The van der Waals surface area contributed by atoms with Gasteiger partial charge in [0.1, 0.15) is 11.4 Å². The SMILES string of the molecule is CC(O)CO[C@]1(c2ccc(Cl)cc2)c2c(F)cc(C(C)(O)c3cnn(C)c3)cc2C(=O)N1Cc1ccc(Cl)cn1. The topological polar surface area (TPSA) is 101 Å². The van der Waals surface area contributed by atoms with Crippen molar-refractivity contribution in [1.29, 1.82) is 0 Å². The molecular weight excluding hydrogens is 558 g/mol. The number of aromatic nitrogens is 3. The maximum absolute atomic E-state index is 16.4. The van der Waals surface area contributed by atoms with Crippen LogP contribution in [0, 0.1) is 5.82 Å². The second-order valence-electron chi connectivity index (χ2n) is 10.0. The summed E-state index contributed by atoms with van der Waals surface area (Å²) in [6.45, 7) is 2.76. The fourth-order valence-corrected chi connectivity index (χ4v) is 5.20. The lowest BCUT2D eigenvalue weighted by molar-refractivity contribution is -0.132. The lowest BCUT2D eigenvalue weighted by Gasteiger charge is -2.40. The summed E-state index contributed by atoms with van der Waals surface area (Å²) < 4.78 is 24.3. The fourth-order valence-electron chi connectivity index (χ4n) is 4.96. The molecule has 11 heteroatoms. The largest absolute Gasteiger partial charge is 0.391 e. The van der Waals surface area contributed by atoms with Gasteiger partial charge in [0.25, 0.3) is 5.91 Å². The van der Waals surface area contributed by atoms with Crippen LogP contribution in [0.5, 0.6) is 0 Å². The van der Waals surface area contributed by atoms with Gasteiger partial charge in [-0.25, -0.2) is 4.39 Å². The molecule has 2 aromatic heterocycles. The summed E-state index contributed by atoms with van der Waals surface area (Å²) in [5.74, 6) is -1.31. The first-order valence-electron chi connectivity index (χ1n) is 12.5. The number of carbonyl (C=O) groups is 1. The van der Waals surface area contributed by atoms with E-state index in [0.29, 0.717) is 26.9 Å². The molecule has 0 radical (unpaired) electrons. The van der Waals surface area contributed by atoms with E-state index in [1.54, 1.807) is 49.6 Å². The molecule has 1 aliphatic rings. The van der Waals surface area contributed by atoms with E-state index in [1.165, 1.54) is 48.0 Å². The molecule has 2 unspecified atom stereocenters. The maximum atomic E-state index is 16.4. The van der Waals surface area contributed by atoms with Crippen LogP contribution in [0.25, 0.3) is 0 Å². The van der Waals surface area contributed by atoms with Gasteiger partial charge in [-0.3, -0.25) is 19.4 Å². The highest BCUT2D eigenvalue weighted by molar-refractivity contribution is 6.30. The third kappa shape index (κ3) is 4.88. The van der Waals surface area contributed by atoms with E-state index in [1.807, 2.05) is 0 Å². The van der Waals surface area contributed by atoms with Gasteiger partial charge in [-0.1, -0.05) is 35.3 Å². The summed E-state index contributed by atoms with van der Waals surface area (Å²) in [6.07, 6.45) is 3.63. The van der Waals surface area contributed by atoms with Crippen LogP contribution in [0.2, 0.25) is 10.0 Å². The van der Waals surface area contributed by atoms with Gasteiger partial charge >= 0.3 is 0 Å². The summed E-state index contributed by atoms with van der Waals surface area (Å²) >= 11 is 12.2. The highest BCUT2D eigenvalue weighted by Crippen LogP contribution is 2.49. The third-order valence-electron chi connectivity index (χ3n) is 6.99. The number of aryl methyl sites for hydroxylation is 1. The minimum absolute atomic E-state index is 0.00803. The first kappa shape index (κ1) is 28.2. The Morgan fingerprint density at radius 3 is 2.40 bits per heavy atom. The van der Waals surface area contributed by atoms with Gasteiger partial charge in [-0.2, -0.15) is 5.10 Å². The number of benzene rings is 2. The van der Waals surface area contributed by atoms with Crippen molar-refractivity contribution < 1.29 is 24.1 Å². The predicted octanol–water partition coefficient (Wildman–Crippen LogP) is 4.77. The van der Waals surface area contributed by atoms with Crippen LogP contribution in [0.3, 0.4) is 0 Å². The zero-order valence-corrected chi connectivity index (χ0v) is 23.5. The molecule has 0 bridgehead atoms. The summed E-state index contributed by atoms with van der Waals surface area (Å²) in [7, 11) is 1.70. The molecule has 0 saturated heterocycles. The zero-order valence-electron chi connectivity index (χ0n) is 22.0. The molecule has 40 heavy (non-hydrogen) atoms. The van der Waals surface area contributed by atoms with E-state index in [2.05, 4.69) is 10.1 Å². The number of fused-ring (bicyclic) bond motifs is 1. The Morgan fingerprint density at radius 2 is 1.80 bits per heavy atom. The third-order valence-corrected chi connectivity index (χ3v) is 7.47. The molecule has 3 heterocycles. The Bertz CT molecular complexity index is 1560. The van der Waals surface area contributed by atoms with E-state index < -0.39 is 29.2 Å². The van der Waals surface area contributed by atoms with Crippen molar-refractivity contribution in [2.45, 2.75) is 37.8 Å². The van der Waals surface area contributed by atoms with Crippen molar-refractivity contribution in [2.75, 3.05) is 6.61 Å². The maximum Gasteiger partial charge on any atom is 0.257 e. The van der Waals surface area contributed by atoms with Crippen LogP contribution in [0.1, 0.15) is 52.2 Å².